The first kappa shape index (κ1) is 15.1. The van der Waals surface area contributed by atoms with E-state index in [0.29, 0.717) is 5.92 Å². The van der Waals surface area contributed by atoms with E-state index in [1.807, 2.05) is 31.0 Å². The average Bonchev–Trinajstić information content (AvgIpc) is 3.14. The number of nitrogens with zero attached hydrogens (tertiary/aromatic N) is 4. The second-order valence-electron chi connectivity index (χ2n) is 5.83. The van der Waals surface area contributed by atoms with Gasteiger partial charge in [-0.15, -0.1) is 0 Å². The largest absolute Gasteiger partial charge is 0.373 e. The van der Waals surface area contributed by atoms with E-state index >= 15 is 0 Å². The standard InChI is InChI=1S/C16H23N5O/c1-12-15(19-7-6-18-12)3-5-17-9-13-4-8-22-16(13)14-10-20-21(2)11-14/h6-7,10-11,13,16-17H,3-5,8-9H2,1-2H3/t13-,16+/m1/s1. The Labute approximate surface area is 130 Å². The maximum atomic E-state index is 5.88. The minimum Gasteiger partial charge on any atom is -0.373 e. The molecule has 2 atom stereocenters. The smallest absolute Gasteiger partial charge is 0.0896 e. The van der Waals surface area contributed by atoms with Gasteiger partial charge in [0.2, 0.25) is 0 Å². The van der Waals surface area contributed by atoms with E-state index < -0.39 is 0 Å². The highest BCUT2D eigenvalue weighted by Crippen LogP contribution is 2.33. The minimum atomic E-state index is 0.166. The summed E-state index contributed by atoms with van der Waals surface area (Å²) >= 11 is 0. The topological polar surface area (TPSA) is 64.9 Å². The Hall–Kier alpha value is -1.79. The summed E-state index contributed by atoms with van der Waals surface area (Å²) in [6.45, 7) is 4.70. The third kappa shape index (κ3) is 3.51. The second-order valence-corrected chi connectivity index (χ2v) is 5.83. The molecule has 1 saturated heterocycles. The number of nitrogens with one attached hydrogen (secondary N) is 1. The first-order valence-corrected chi connectivity index (χ1v) is 7.81. The number of aromatic nitrogens is 4. The van der Waals surface area contributed by atoms with Gasteiger partial charge < -0.3 is 10.1 Å². The molecule has 1 fully saturated rings. The van der Waals surface area contributed by atoms with Gasteiger partial charge in [-0.05, 0) is 13.3 Å². The van der Waals surface area contributed by atoms with Crippen molar-refractivity contribution in [2.24, 2.45) is 13.0 Å². The maximum Gasteiger partial charge on any atom is 0.0896 e. The first-order valence-electron chi connectivity index (χ1n) is 7.81. The fourth-order valence-corrected chi connectivity index (χ4v) is 2.97. The Kier molecular flexibility index (Phi) is 4.80. The van der Waals surface area contributed by atoms with Crippen LogP contribution in [0.4, 0.5) is 0 Å². The monoisotopic (exact) mass is 301 g/mol. The Morgan fingerprint density at radius 2 is 2.23 bits per heavy atom. The normalized spacial score (nSPS) is 21.4. The Bertz CT molecular complexity index is 612. The summed E-state index contributed by atoms with van der Waals surface area (Å²) in [4.78, 5) is 8.64. The van der Waals surface area contributed by atoms with E-state index in [-0.39, 0.29) is 6.10 Å². The van der Waals surface area contributed by atoms with E-state index in [9.17, 15) is 0 Å². The molecule has 0 aliphatic carbocycles. The highest BCUT2D eigenvalue weighted by atomic mass is 16.5. The van der Waals surface area contributed by atoms with Gasteiger partial charge in [0.25, 0.3) is 0 Å². The number of hydrogen-bond acceptors (Lipinski definition) is 5. The molecule has 0 spiro atoms. The molecule has 0 amide bonds. The van der Waals surface area contributed by atoms with E-state index in [1.165, 1.54) is 5.56 Å². The molecule has 3 heterocycles. The van der Waals surface area contributed by atoms with Gasteiger partial charge in [-0.25, -0.2) is 0 Å². The number of ether oxygens (including phenoxy) is 1. The van der Waals surface area contributed by atoms with Crippen molar-refractivity contribution < 1.29 is 4.74 Å². The summed E-state index contributed by atoms with van der Waals surface area (Å²) in [5.74, 6) is 0.507. The molecule has 1 N–H and O–H groups in total. The zero-order chi connectivity index (χ0) is 15.4. The third-order valence-electron chi connectivity index (χ3n) is 4.20. The molecule has 1 aliphatic rings. The predicted molar refractivity (Wildman–Crippen MR) is 83.4 cm³/mol. The van der Waals surface area contributed by atoms with Crippen molar-refractivity contribution in [1.82, 2.24) is 25.1 Å². The van der Waals surface area contributed by atoms with Crippen LogP contribution in [-0.4, -0.2) is 39.4 Å². The number of aryl methyl sites for hydroxylation is 2. The van der Waals surface area contributed by atoms with E-state index in [0.717, 1.165) is 43.9 Å². The molecule has 118 valence electrons. The molecule has 2 aromatic heterocycles. The van der Waals surface area contributed by atoms with Crippen molar-refractivity contribution in [2.75, 3.05) is 19.7 Å². The molecule has 0 saturated carbocycles. The summed E-state index contributed by atoms with van der Waals surface area (Å²) in [7, 11) is 1.94. The minimum absolute atomic E-state index is 0.166. The fourth-order valence-electron chi connectivity index (χ4n) is 2.97. The van der Waals surface area contributed by atoms with Crippen LogP contribution in [0.15, 0.2) is 24.8 Å². The first-order chi connectivity index (χ1) is 10.7. The van der Waals surface area contributed by atoms with Gasteiger partial charge in [0, 0.05) is 63.2 Å². The molecule has 6 heteroatoms. The molecule has 6 nitrogen and oxygen atoms in total. The fraction of sp³-hybridized carbons (Fsp3) is 0.562. The average molecular weight is 301 g/mol. The lowest BCUT2D eigenvalue weighted by molar-refractivity contribution is 0.0905. The van der Waals surface area contributed by atoms with Gasteiger partial charge in [0.1, 0.15) is 0 Å². The van der Waals surface area contributed by atoms with E-state index in [4.69, 9.17) is 4.74 Å². The third-order valence-corrected chi connectivity index (χ3v) is 4.20. The van der Waals surface area contributed by atoms with E-state index in [2.05, 4.69) is 20.4 Å². The lowest BCUT2D eigenvalue weighted by atomic mass is 9.97. The van der Waals surface area contributed by atoms with Crippen molar-refractivity contribution in [3.63, 3.8) is 0 Å². The van der Waals surface area contributed by atoms with Gasteiger partial charge in [-0.1, -0.05) is 0 Å². The number of rotatable bonds is 6. The molecular formula is C16H23N5O. The molecule has 22 heavy (non-hydrogen) atoms. The van der Waals surface area contributed by atoms with Gasteiger partial charge in [0.15, 0.2) is 0 Å². The predicted octanol–water partition coefficient (Wildman–Crippen LogP) is 1.43. The molecule has 2 aromatic rings. The van der Waals surface area contributed by atoms with Crippen LogP contribution in [-0.2, 0) is 18.2 Å². The zero-order valence-electron chi connectivity index (χ0n) is 13.2. The van der Waals surface area contributed by atoms with Gasteiger partial charge in [0.05, 0.1) is 23.7 Å². The summed E-state index contributed by atoms with van der Waals surface area (Å²) in [5.41, 5.74) is 3.26. The Morgan fingerprint density at radius 3 is 3.00 bits per heavy atom. The van der Waals surface area contributed by atoms with Crippen LogP contribution in [0.5, 0.6) is 0 Å². The highest BCUT2D eigenvalue weighted by molar-refractivity contribution is 5.11. The van der Waals surface area contributed by atoms with Crippen molar-refractivity contribution in [1.29, 1.82) is 0 Å². The van der Waals surface area contributed by atoms with Crippen LogP contribution >= 0.6 is 0 Å². The molecular weight excluding hydrogens is 278 g/mol. The molecule has 0 aromatic carbocycles. The lowest BCUT2D eigenvalue weighted by Gasteiger charge is -2.17. The molecule has 0 radical (unpaired) electrons. The van der Waals surface area contributed by atoms with Gasteiger partial charge in [-0.3, -0.25) is 14.6 Å². The van der Waals surface area contributed by atoms with Crippen LogP contribution < -0.4 is 5.32 Å². The van der Waals surface area contributed by atoms with Crippen LogP contribution in [0.2, 0.25) is 0 Å². The molecule has 3 rings (SSSR count). The van der Waals surface area contributed by atoms with Gasteiger partial charge >= 0.3 is 0 Å². The molecule has 0 unspecified atom stereocenters. The summed E-state index contributed by atoms with van der Waals surface area (Å²) in [6, 6.07) is 0. The van der Waals surface area contributed by atoms with Crippen molar-refractivity contribution in [3.05, 3.63) is 41.7 Å². The lowest BCUT2D eigenvalue weighted by Crippen LogP contribution is -2.27. The van der Waals surface area contributed by atoms with Crippen LogP contribution in [0.25, 0.3) is 0 Å². The SMILES string of the molecule is Cc1nccnc1CCNC[C@H]1CCO[C@@H]1c1cnn(C)c1. The summed E-state index contributed by atoms with van der Waals surface area (Å²) < 4.78 is 7.72. The quantitative estimate of drug-likeness (QED) is 0.818. The highest BCUT2D eigenvalue weighted by Gasteiger charge is 2.30. The van der Waals surface area contributed by atoms with Crippen molar-refractivity contribution in [3.8, 4) is 0 Å². The zero-order valence-corrected chi connectivity index (χ0v) is 13.2. The summed E-state index contributed by atoms with van der Waals surface area (Å²) in [6.07, 6.45) is 9.62. The van der Waals surface area contributed by atoms with Crippen LogP contribution in [0.1, 0.15) is 29.5 Å². The van der Waals surface area contributed by atoms with Crippen molar-refractivity contribution in [2.45, 2.75) is 25.9 Å². The number of hydrogen-bond donors (Lipinski definition) is 1. The van der Waals surface area contributed by atoms with Crippen LogP contribution in [0, 0.1) is 12.8 Å². The Morgan fingerprint density at radius 1 is 1.36 bits per heavy atom. The Balaban J connectivity index is 1.48. The molecule has 0 bridgehead atoms. The van der Waals surface area contributed by atoms with Crippen LogP contribution in [0.3, 0.4) is 0 Å². The second kappa shape index (κ2) is 6.98. The van der Waals surface area contributed by atoms with Gasteiger partial charge in [-0.2, -0.15) is 5.10 Å². The van der Waals surface area contributed by atoms with E-state index in [1.54, 1.807) is 12.4 Å². The molecule has 1 aliphatic heterocycles. The summed E-state index contributed by atoms with van der Waals surface area (Å²) in [5, 5.41) is 7.78. The maximum absolute atomic E-state index is 5.88. The van der Waals surface area contributed by atoms with Crippen molar-refractivity contribution >= 4 is 0 Å².